The summed E-state index contributed by atoms with van der Waals surface area (Å²) in [7, 11) is 4.64. The molecule has 43 heavy (non-hydrogen) atoms. The van der Waals surface area contributed by atoms with Crippen molar-refractivity contribution in [2.45, 2.75) is 18.0 Å². The second kappa shape index (κ2) is 9.98. The summed E-state index contributed by atoms with van der Waals surface area (Å²) in [6.07, 6.45) is 3.86. The van der Waals surface area contributed by atoms with Crippen molar-refractivity contribution < 1.29 is 28.6 Å². The highest BCUT2D eigenvalue weighted by Crippen LogP contribution is 2.61. The summed E-state index contributed by atoms with van der Waals surface area (Å²) in [6.45, 7) is 0. The summed E-state index contributed by atoms with van der Waals surface area (Å²) in [4.78, 5) is 46.4. The van der Waals surface area contributed by atoms with E-state index in [4.69, 9.17) is 14.2 Å². The number of para-hydroxylation sites is 1. The number of carbonyl (C=O) groups excluding carboxylic acids is 3. The van der Waals surface area contributed by atoms with Gasteiger partial charge in [-0.2, -0.15) is 0 Å². The molecule has 1 fully saturated rings. The first-order valence-corrected chi connectivity index (χ1v) is 14.1. The number of fused-ring (bicyclic) bond motifs is 5. The first-order chi connectivity index (χ1) is 20.9. The van der Waals surface area contributed by atoms with Crippen LogP contribution in [0.2, 0.25) is 0 Å². The van der Waals surface area contributed by atoms with Crippen LogP contribution >= 0.6 is 0 Å². The molecule has 0 amide bonds. The van der Waals surface area contributed by atoms with Crippen LogP contribution in [-0.4, -0.2) is 50.8 Å². The molecule has 0 aromatic heterocycles. The zero-order valence-electron chi connectivity index (χ0n) is 23.9. The van der Waals surface area contributed by atoms with Gasteiger partial charge in [0.05, 0.1) is 27.4 Å². The molecule has 1 saturated heterocycles. The number of anilines is 1. The zero-order chi connectivity index (χ0) is 29.9. The highest BCUT2D eigenvalue weighted by molar-refractivity contribution is 6.32. The number of ketones is 3. The monoisotopic (exact) mass is 571 g/mol. The first kappa shape index (κ1) is 26.7. The molecule has 1 aliphatic carbocycles. The van der Waals surface area contributed by atoms with Gasteiger partial charge in [0.15, 0.2) is 28.8 Å². The molecule has 7 heteroatoms. The number of rotatable bonds is 6. The fourth-order valence-corrected chi connectivity index (χ4v) is 7.28. The topological polar surface area (TPSA) is 82.1 Å². The van der Waals surface area contributed by atoms with E-state index in [1.807, 2.05) is 47.4 Å². The summed E-state index contributed by atoms with van der Waals surface area (Å²) in [5, 5.41) is 0. The summed E-state index contributed by atoms with van der Waals surface area (Å²) < 4.78 is 16.6. The minimum absolute atomic E-state index is 0.220. The summed E-state index contributed by atoms with van der Waals surface area (Å²) in [5.74, 6) is -0.164. The van der Waals surface area contributed by atoms with Gasteiger partial charge in [-0.25, -0.2) is 0 Å². The van der Waals surface area contributed by atoms with E-state index in [0.717, 1.165) is 11.3 Å². The van der Waals surface area contributed by atoms with Gasteiger partial charge in [0, 0.05) is 28.3 Å². The van der Waals surface area contributed by atoms with Gasteiger partial charge in [-0.15, -0.1) is 0 Å². The minimum atomic E-state index is -1.60. The molecule has 0 unspecified atom stereocenters. The Balaban J connectivity index is 1.55. The Kier molecular flexibility index (Phi) is 6.20. The quantitative estimate of drug-likeness (QED) is 0.207. The molecule has 4 aromatic carbocycles. The lowest BCUT2D eigenvalue weighted by Crippen LogP contribution is -2.48. The maximum Gasteiger partial charge on any atom is 0.186 e. The maximum atomic E-state index is 14.9. The Hall–Kier alpha value is -5.17. The number of hydrogen-bond donors (Lipinski definition) is 0. The molecule has 2 heterocycles. The van der Waals surface area contributed by atoms with Crippen molar-refractivity contribution in [1.29, 1.82) is 0 Å². The predicted octanol–water partition coefficient (Wildman–Crippen LogP) is 6.03. The number of nitrogens with zero attached hydrogens (tertiary/aromatic N) is 1. The number of methoxy groups -OCH3 is 3. The standard InChI is InChI=1S/C36H29NO6/c1-41-24-11-8-10-23(19-24)33(38)32-31(22-15-17-28(42-2)29(20-22)43-3)36(34(39)25-12-5-6-13-26(25)35(36)40)30-18-16-21-9-4-7-14-27(21)37(30)32/h4-20,30-32H,1-3H3/t30-,31-,32+/m0/s1. The number of carbonyl (C=O) groups is 3. The van der Waals surface area contributed by atoms with Crippen molar-refractivity contribution >= 4 is 29.1 Å². The molecule has 7 rings (SSSR count). The van der Waals surface area contributed by atoms with Gasteiger partial charge in [0.1, 0.15) is 17.2 Å². The molecular formula is C36H29NO6. The van der Waals surface area contributed by atoms with Crippen molar-refractivity contribution in [3.63, 3.8) is 0 Å². The minimum Gasteiger partial charge on any atom is -0.497 e. The van der Waals surface area contributed by atoms with E-state index in [-0.39, 0.29) is 17.3 Å². The Morgan fingerprint density at radius 1 is 0.744 bits per heavy atom. The van der Waals surface area contributed by atoms with E-state index in [1.54, 1.807) is 74.9 Å². The van der Waals surface area contributed by atoms with Crippen LogP contribution in [0.15, 0.2) is 97.1 Å². The molecule has 0 bridgehead atoms. The van der Waals surface area contributed by atoms with Gasteiger partial charge < -0.3 is 19.1 Å². The second-order valence-corrected chi connectivity index (χ2v) is 11.0. The van der Waals surface area contributed by atoms with Crippen molar-refractivity contribution in [1.82, 2.24) is 0 Å². The fourth-order valence-electron chi connectivity index (χ4n) is 7.28. The Morgan fingerprint density at radius 2 is 1.44 bits per heavy atom. The van der Waals surface area contributed by atoms with Crippen LogP contribution < -0.4 is 19.1 Å². The molecule has 7 nitrogen and oxygen atoms in total. The van der Waals surface area contributed by atoms with Crippen LogP contribution in [0.5, 0.6) is 17.2 Å². The van der Waals surface area contributed by atoms with Crippen LogP contribution in [0.3, 0.4) is 0 Å². The molecule has 2 aliphatic heterocycles. The van der Waals surface area contributed by atoms with Gasteiger partial charge in [-0.3, -0.25) is 14.4 Å². The summed E-state index contributed by atoms with van der Waals surface area (Å²) in [5.41, 5.74) is 1.89. The van der Waals surface area contributed by atoms with E-state index in [0.29, 0.717) is 39.5 Å². The molecule has 0 radical (unpaired) electrons. The molecule has 0 saturated carbocycles. The molecule has 214 valence electrons. The number of Topliss-reactive ketones (excluding diaryl/α,β-unsaturated/α-hetero) is 3. The molecule has 0 N–H and O–H groups in total. The van der Waals surface area contributed by atoms with Gasteiger partial charge in [-0.1, -0.05) is 72.8 Å². The maximum absolute atomic E-state index is 14.9. The predicted molar refractivity (Wildman–Crippen MR) is 163 cm³/mol. The smallest absolute Gasteiger partial charge is 0.186 e. The lowest BCUT2D eigenvalue weighted by Gasteiger charge is -2.37. The van der Waals surface area contributed by atoms with E-state index < -0.39 is 23.4 Å². The second-order valence-electron chi connectivity index (χ2n) is 11.0. The largest absolute Gasteiger partial charge is 0.497 e. The van der Waals surface area contributed by atoms with E-state index in [9.17, 15) is 14.4 Å². The lowest BCUT2D eigenvalue weighted by atomic mass is 9.64. The normalized spacial score (nSPS) is 20.9. The summed E-state index contributed by atoms with van der Waals surface area (Å²) >= 11 is 0. The van der Waals surface area contributed by atoms with Gasteiger partial charge in [0.2, 0.25) is 0 Å². The van der Waals surface area contributed by atoms with Crippen molar-refractivity contribution in [3.8, 4) is 17.2 Å². The van der Waals surface area contributed by atoms with Crippen LogP contribution in [-0.2, 0) is 0 Å². The van der Waals surface area contributed by atoms with Crippen LogP contribution in [0.25, 0.3) is 6.08 Å². The van der Waals surface area contributed by atoms with Gasteiger partial charge >= 0.3 is 0 Å². The highest BCUT2D eigenvalue weighted by atomic mass is 16.5. The van der Waals surface area contributed by atoms with E-state index >= 15 is 0 Å². The van der Waals surface area contributed by atoms with Crippen molar-refractivity contribution in [2.75, 3.05) is 26.2 Å². The molecular weight excluding hydrogens is 542 g/mol. The Bertz CT molecular complexity index is 1810. The van der Waals surface area contributed by atoms with Crippen molar-refractivity contribution in [2.24, 2.45) is 5.41 Å². The third-order valence-corrected chi connectivity index (χ3v) is 9.10. The lowest BCUT2D eigenvalue weighted by molar-refractivity contribution is 0.0665. The highest BCUT2D eigenvalue weighted by Gasteiger charge is 2.71. The third-order valence-electron chi connectivity index (χ3n) is 9.10. The Morgan fingerprint density at radius 3 is 2.14 bits per heavy atom. The third kappa shape index (κ3) is 3.64. The first-order valence-electron chi connectivity index (χ1n) is 14.1. The van der Waals surface area contributed by atoms with E-state index in [2.05, 4.69) is 0 Å². The van der Waals surface area contributed by atoms with E-state index in [1.165, 1.54) is 7.11 Å². The SMILES string of the molecule is COc1cccc(C(=O)[C@H]2[C@H](c3ccc(OC)c(OC)c3)C3(C(=O)c4ccccc4C3=O)[C@@H]3C=Cc4ccccc4N32)c1. The van der Waals surface area contributed by atoms with Crippen LogP contribution in [0.1, 0.15) is 48.1 Å². The van der Waals surface area contributed by atoms with Crippen LogP contribution in [0.4, 0.5) is 5.69 Å². The van der Waals surface area contributed by atoms with Gasteiger partial charge in [-0.05, 0) is 41.5 Å². The fraction of sp³-hybridized carbons (Fsp3) is 0.194. The number of benzene rings is 4. The Labute approximate surface area is 249 Å². The molecule has 3 aliphatic rings. The van der Waals surface area contributed by atoms with Crippen molar-refractivity contribution in [3.05, 3.63) is 125 Å². The number of hydrogen-bond acceptors (Lipinski definition) is 7. The molecule has 3 atom stereocenters. The average Bonchev–Trinajstić information content (AvgIpc) is 3.50. The van der Waals surface area contributed by atoms with Crippen LogP contribution in [0, 0.1) is 5.41 Å². The molecule has 4 aromatic rings. The summed E-state index contributed by atoms with van der Waals surface area (Å²) in [6, 6.07) is 25.4. The molecule has 1 spiro atoms. The average molecular weight is 572 g/mol. The zero-order valence-corrected chi connectivity index (χ0v) is 23.9. The number of ether oxygens (including phenoxy) is 3. The van der Waals surface area contributed by atoms with Gasteiger partial charge in [0.25, 0.3) is 0 Å².